The van der Waals surface area contributed by atoms with Gasteiger partial charge in [0.25, 0.3) is 5.91 Å². The lowest BCUT2D eigenvalue weighted by Gasteiger charge is -2.15. The van der Waals surface area contributed by atoms with E-state index in [9.17, 15) is 4.79 Å². The van der Waals surface area contributed by atoms with Gasteiger partial charge in [-0.25, -0.2) is 4.98 Å². The van der Waals surface area contributed by atoms with Gasteiger partial charge in [0, 0.05) is 24.3 Å². The van der Waals surface area contributed by atoms with E-state index in [1.54, 1.807) is 24.2 Å². The maximum Gasteiger partial charge on any atom is 0.272 e. The second kappa shape index (κ2) is 5.10. The van der Waals surface area contributed by atoms with Crippen LogP contribution in [0.4, 0.5) is 0 Å². The van der Waals surface area contributed by atoms with Gasteiger partial charge in [0.05, 0.1) is 0 Å². The van der Waals surface area contributed by atoms with E-state index in [0.29, 0.717) is 5.69 Å². The first kappa shape index (κ1) is 11.2. The number of amides is 1. The second-order valence-corrected chi connectivity index (χ2v) is 4.00. The molecule has 1 heterocycles. The van der Waals surface area contributed by atoms with Gasteiger partial charge >= 0.3 is 0 Å². The predicted octanol–water partition coefficient (Wildman–Crippen LogP) is 2.33. The summed E-state index contributed by atoms with van der Waals surface area (Å²) in [4.78, 5) is 17.4. The number of carbonyl (C=O) groups is 1. The topological polar surface area (TPSA) is 33.2 Å². The predicted molar refractivity (Wildman–Crippen MR) is 59.2 cm³/mol. The highest BCUT2D eigenvalue weighted by atomic mass is 79.9. The Labute approximate surface area is 92.3 Å². The SMILES string of the molecule is CCCN(C)C(=O)c1ccc(Br)cn1. The summed E-state index contributed by atoms with van der Waals surface area (Å²) in [6.07, 6.45) is 2.59. The van der Waals surface area contributed by atoms with Crippen LogP contribution in [0.3, 0.4) is 0 Å². The molecule has 0 atom stereocenters. The standard InChI is InChI=1S/C10H13BrN2O/c1-3-6-13(2)10(14)9-5-4-8(11)7-12-9/h4-5,7H,3,6H2,1-2H3. The van der Waals surface area contributed by atoms with E-state index in [1.807, 2.05) is 13.0 Å². The monoisotopic (exact) mass is 256 g/mol. The van der Waals surface area contributed by atoms with E-state index in [2.05, 4.69) is 20.9 Å². The molecule has 0 aliphatic carbocycles. The Morgan fingerprint density at radius 3 is 2.79 bits per heavy atom. The fourth-order valence-corrected chi connectivity index (χ4v) is 1.37. The van der Waals surface area contributed by atoms with Gasteiger partial charge in [-0.2, -0.15) is 0 Å². The van der Waals surface area contributed by atoms with Crippen molar-refractivity contribution in [1.29, 1.82) is 0 Å². The summed E-state index contributed by atoms with van der Waals surface area (Å²) in [6.45, 7) is 2.80. The van der Waals surface area contributed by atoms with Gasteiger partial charge < -0.3 is 4.90 Å². The molecule has 76 valence electrons. The van der Waals surface area contributed by atoms with E-state index < -0.39 is 0 Å². The van der Waals surface area contributed by atoms with Crippen molar-refractivity contribution in [2.45, 2.75) is 13.3 Å². The summed E-state index contributed by atoms with van der Waals surface area (Å²) in [5.74, 6) is -0.0284. The van der Waals surface area contributed by atoms with Crippen LogP contribution in [0.2, 0.25) is 0 Å². The van der Waals surface area contributed by atoms with Gasteiger partial charge in [-0.15, -0.1) is 0 Å². The average Bonchev–Trinajstić information content (AvgIpc) is 2.18. The summed E-state index contributed by atoms with van der Waals surface area (Å²) in [5.41, 5.74) is 0.490. The molecule has 0 N–H and O–H groups in total. The van der Waals surface area contributed by atoms with Crippen molar-refractivity contribution >= 4 is 21.8 Å². The van der Waals surface area contributed by atoms with E-state index in [4.69, 9.17) is 0 Å². The molecule has 4 heteroatoms. The number of nitrogens with zero attached hydrogens (tertiary/aromatic N) is 2. The van der Waals surface area contributed by atoms with Crippen LogP contribution >= 0.6 is 15.9 Å². The van der Waals surface area contributed by atoms with Gasteiger partial charge in [0.2, 0.25) is 0 Å². The van der Waals surface area contributed by atoms with Gasteiger partial charge in [-0.1, -0.05) is 6.92 Å². The molecule has 14 heavy (non-hydrogen) atoms. The lowest BCUT2D eigenvalue weighted by atomic mass is 10.3. The summed E-state index contributed by atoms with van der Waals surface area (Å²) < 4.78 is 0.882. The molecule has 0 spiro atoms. The maximum atomic E-state index is 11.7. The first-order chi connectivity index (χ1) is 6.65. The fourth-order valence-electron chi connectivity index (χ4n) is 1.13. The number of pyridine rings is 1. The first-order valence-electron chi connectivity index (χ1n) is 4.52. The number of carbonyl (C=O) groups excluding carboxylic acids is 1. The molecule has 0 saturated heterocycles. The molecular formula is C10H13BrN2O. The van der Waals surface area contributed by atoms with Crippen molar-refractivity contribution in [2.24, 2.45) is 0 Å². The van der Waals surface area contributed by atoms with E-state index in [0.717, 1.165) is 17.4 Å². The number of aromatic nitrogens is 1. The summed E-state index contributed by atoms with van der Waals surface area (Å²) in [5, 5.41) is 0. The van der Waals surface area contributed by atoms with E-state index in [1.165, 1.54) is 0 Å². The quantitative estimate of drug-likeness (QED) is 0.832. The number of rotatable bonds is 3. The summed E-state index contributed by atoms with van der Waals surface area (Å²) >= 11 is 3.27. The zero-order valence-corrected chi connectivity index (χ0v) is 9.91. The lowest BCUT2D eigenvalue weighted by molar-refractivity contribution is 0.0789. The van der Waals surface area contributed by atoms with Gasteiger partial charge in [0.1, 0.15) is 5.69 Å². The van der Waals surface area contributed by atoms with Crippen molar-refractivity contribution in [1.82, 2.24) is 9.88 Å². The maximum absolute atomic E-state index is 11.7. The zero-order chi connectivity index (χ0) is 10.6. The highest BCUT2D eigenvalue weighted by molar-refractivity contribution is 9.10. The highest BCUT2D eigenvalue weighted by Gasteiger charge is 2.11. The molecule has 0 aliphatic heterocycles. The van der Waals surface area contributed by atoms with Crippen molar-refractivity contribution in [2.75, 3.05) is 13.6 Å². The summed E-state index contributed by atoms with van der Waals surface area (Å²) in [6, 6.07) is 3.54. The van der Waals surface area contributed by atoms with Crippen LogP contribution in [0.5, 0.6) is 0 Å². The van der Waals surface area contributed by atoms with Crippen LogP contribution in [-0.4, -0.2) is 29.4 Å². The molecule has 1 amide bonds. The van der Waals surface area contributed by atoms with Crippen LogP contribution in [0.15, 0.2) is 22.8 Å². The minimum Gasteiger partial charge on any atom is -0.340 e. The Kier molecular flexibility index (Phi) is 4.07. The van der Waals surface area contributed by atoms with Crippen LogP contribution in [-0.2, 0) is 0 Å². The molecule has 0 radical (unpaired) electrons. The fraction of sp³-hybridized carbons (Fsp3) is 0.400. The molecule has 1 aromatic rings. The minimum atomic E-state index is -0.0284. The van der Waals surface area contributed by atoms with Gasteiger partial charge in [-0.3, -0.25) is 4.79 Å². The lowest BCUT2D eigenvalue weighted by Crippen LogP contribution is -2.28. The zero-order valence-electron chi connectivity index (χ0n) is 8.33. The molecule has 0 aliphatic rings. The normalized spacial score (nSPS) is 9.93. The van der Waals surface area contributed by atoms with Gasteiger partial charge in [0.15, 0.2) is 0 Å². The van der Waals surface area contributed by atoms with E-state index in [-0.39, 0.29) is 5.91 Å². The largest absolute Gasteiger partial charge is 0.340 e. The number of halogens is 1. The average molecular weight is 257 g/mol. The van der Waals surface area contributed by atoms with Crippen LogP contribution < -0.4 is 0 Å². The molecule has 0 bridgehead atoms. The summed E-state index contributed by atoms with van der Waals surface area (Å²) in [7, 11) is 1.79. The van der Waals surface area contributed by atoms with Crippen LogP contribution in [0, 0.1) is 0 Å². The Bertz CT molecular complexity index is 310. The molecule has 0 aromatic carbocycles. The molecule has 0 saturated carbocycles. The van der Waals surface area contributed by atoms with Crippen LogP contribution in [0.1, 0.15) is 23.8 Å². The Morgan fingerprint density at radius 2 is 2.29 bits per heavy atom. The van der Waals surface area contributed by atoms with Crippen molar-refractivity contribution in [3.63, 3.8) is 0 Å². The molecular weight excluding hydrogens is 244 g/mol. The van der Waals surface area contributed by atoms with E-state index >= 15 is 0 Å². The molecule has 0 fully saturated rings. The number of hydrogen-bond donors (Lipinski definition) is 0. The molecule has 1 rings (SSSR count). The molecule has 3 nitrogen and oxygen atoms in total. The van der Waals surface area contributed by atoms with Crippen molar-refractivity contribution in [3.8, 4) is 0 Å². The van der Waals surface area contributed by atoms with Crippen LogP contribution in [0.25, 0.3) is 0 Å². The Morgan fingerprint density at radius 1 is 1.57 bits per heavy atom. The van der Waals surface area contributed by atoms with Crippen molar-refractivity contribution in [3.05, 3.63) is 28.5 Å². The minimum absolute atomic E-state index is 0.0284. The Hall–Kier alpha value is -0.900. The second-order valence-electron chi connectivity index (χ2n) is 3.09. The smallest absolute Gasteiger partial charge is 0.272 e. The molecule has 1 aromatic heterocycles. The third-order valence-electron chi connectivity index (χ3n) is 1.85. The highest BCUT2D eigenvalue weighted by Crippen LogP contribution is 2.08. The third-order valence-corrected chi connectivity index (χ3v) is 2.32. The number of hydrogen-bond acceptors (Lipinski definition) is 2. The Balaban J connectivity index is 2.74. The first-order valence-corrected chi connectivity index (χ1v) is 5.31. The third kappa shape index (κ3) is 2.80. The van der Waals surface area contributed by atoms with Gasteiger partial charge in [-0.05, 0) is 34.5 Å². The molecule has 0 unspecified atom stereocenters. The van der Waals surface area contributed by atoms with Crippen molar-refractivity contribution < 1.29 is 4.79 Å².